The zero-order valence-electron chi connectivity index (χ0n) is 10.6. The molecule has 2 aromatic heterocycles. The average Bonchev–Trinajstić information content (AvgIpc) is 2.96. The highest BCUT2D eigenvalue weighted by Gasteiger charge is 2.22. The monoisotopic (exact) mass is 280 g/mol. The number of rotatable bonds is 4. The van der Waals surface area contributed by atoms with Crippen LogP contribution in [0.4, 0.5) is 0 Å². The van der Waals surface area contributed by atoms with Crippen LogP contribution in [0.1, 0.15) is 55.3 Å². The van der Waals surface area contributed by atoms with Gasteiger partial charge in [-0.15, -0.1) is 10.2 Å². The predicted octanol–water partition coefficient (Wildman–Crippen LogP) is 2.25. The maximum absolute atomic E-state index is 10.6. The van der Waals surface area contributed by atoms with E-state index in [1.54, 1.807) is 0 Å². The summed E-state index contributed by atoms with van der Waals surface area (Å²) < 4.78 is 1.82. The fourth-order valence-corrected chi connectivity index (χ4v) is 3.44. The molecule has 0 aliphatic heterocycles. The summed E-state index contributed by atoms with van der Waals surface area (Å²) in [6.45, 7) is 0. The standard InChI is InChI=1S/C12H16N4O2S/c17-10(18)7-6-9-15-16-11(13-14-12(16)19-9)8-4-2-1-3-5-8/h8H,1-7H2,(H,17,18). The van der Waals surface area contributed by atoms with E-state index in [4.69, 9.17) is 5.11 Å². The van der Waals surface area contributed by atoms with Crippen LogP contribution >= 0.6 is 11.3 Å². The van der Waals surface area contributed by atoms with Crippen molar-refractivity contribution in [3.63, 3.8) is 0 Å². The molecule has 0 atom stereocenters. The molecule has 1 saturated carbocycles. The molecule has 1 fully saturated rings. The number of aromatic nitrogens is 4. The first kappa shape index (κ1) is 12.5. The van der Waals surface area contributed by atoms with Gasteiger partial charge in [-0.3, -0.25) is 4.79 Å². The quantitative estimate of drug-likeness (QED) is 0.929. The van der Waals surface area contributed by atoms with Gasteiger partial charge in [-0.2, -0.15) is 9.61 Å². The number of carboxylic acids is 1. The average molecular weight is 280 g/mol. The van der Waals surface area contributed by atoms with Crippen LogP contribution < -0.4 is 0 Å². The lowest BCUT2D eigenvalue weighted by atomic mass is 9.89. The largest absolute Gasteiger partial charge is 0.481 e. The van der Waals surface area contributed by atoms with Crippen LogP contribution in [-0.2, 0) is 11.2 Å². The van der Waals surface area contributed by atoms with E-state index in [1.165, 1.54) is 30.6 Å². The number of carboxylic acid groups (broad SMARTS) is 1. The van der Waals surface area contributed by atoms with Gasteiger partial charge in [-0.1, -0.05) is 30.6 Å². The van der Waals surface area contributed by atoms with E-state index in [2.05, 4.69) is 15.3 Å². The van der Waals surface area contributed by atoms with Crippen molar-refractivity contribution in [1.29, 1.82) is 0 Å². The maximum Gasteiger partial charge on any atom is 0.303 e. The fourth-order valence-electron chi connectivity index (χ4n) is 2.60. The van der Waals surface area contributed by atoms with Crippen LogP contribution in [-0.4, -0.2) is 30.9 Å². The molecule has 19 heavy (non-hydrogen) atoms. The smallest absolute Gasteiger partial charge is 0.303 e. The molecule has 0 amide bonds. The van der Waals surface area contributed by atoms with Crippen molar-refractivity contribution in [2.45, 2.75) is 50.9 Å². The third kappa shape index (κ3) is 2.60. The summed E-state index contributed by atoms with van der Waals surface area (Å²) in [5.74, 6) is 0.615. The van der Waals surface area contributed by atoms with E-state index >= 15 is 0 Å². The molecule has 0 saturated heterocycles. The normalized spacial score (nSPS) is 17.1. The van der Waals surface area contributed by atoms with Crippen molar-refractivity contribution >= 4 is 22.3 Å². The number of hydrogen-bond acceptors (Lipinski definition) is 5. The highest BCUT2D eigenvalue weighted by atomic mass is 32.1. The van der Waals surface area contributed by atoms with Crippen molar-refractivity contribution in [3.05, 3.63) is 10.8 Å². The molecule has 2 aromatic rings. The van der Waals surface area contributed by atoms with Gasteiger partial charge in [0.25, 0.3) is 0 Å². The molecule has 2 heterocycles. The Kier molecular flexibility index (Phi) is 3.46. The second kappa shape index (κ2) is 5.24. The highest BCUT2D eigenvalue weighted by molar-refractivity contribution is 7.16. The minimum absolute atomic E-state index is 0.114. The minimum Gasteiger partial charge on any atom is -0.481 e. The summed E-state index contributed by atoms with van der Waals surface area (Å²) >= 11 is 1.44. The molecule has 1 aliphatic carbocycles. The Morgan fingerprint density at radius 3 is 2.84 bits per heavy atom. The van der Waals surface area contributed by atoms with Gasteiger partial charge >= 0.3 is 5.97 Å². The number of nitrogens with zero attached hydrogens (tertiary/aromatic N) is 4. The molecule has 1 aliphatic rings. The number of aliphatic carboxylic acids is 1. The second-order valence-corrected chi connectivity index (χ2v) is 6.02. The Morgan fingerprint density at radius 2 is 2.11 bits per heavy atom. The number of hydrogen-bond donors (Lipinski definition) is 1. The van der Waals surface area contributed by atoms with Gasteiger partial charge < -0.3 is 5.11 Å². The summed E-state index contributed by atoms with van der Waals surface area (Å²) in [6.07, 6.45) is 6.69. The van der Waals surface area contributed by atoms with E-state index in [1.807, 2.05) is 4.52 Å². The third-order valence-corrected chi connectivity index (χ3v) is 4.54. The van der Waals surface area contributed by atoms with Crippen molar-refractivity contribution < 1.29 is 9.90 Å². The molecule has 0 bridgehead atoms. The Balaban J connectivity index is 1.83. The lowest BCUT2D eigenvalue weighted by molar-refractivity contribution is -0.136. The zero-order valence-corrected chi connectivity index (χ0v) is 11.4. The lowest BCUT2D eigenvalue weighted by Crippen LogP contribution is -2.09. The van der Waals surface area contributed by atoms with Crippen LogP contribution in [0.2, 0.25) is 0 Å². The molecule has 0 radical (unpaired) electrons. The Bertz CT molecular complexity index is 586. The fraction of sp³-hybridized carbons (Fsp3) is 0.667. The number of carbonyl (C=O) groups is 1. The Labute approximate surface area is 114 Å². The lowest BCUT2D eigenvalue weighted by Gasteiger charge is -2.18. The van der Waals surface area contributed by atoms with Crippen molar-refractivity contribution in [2.75, 3.05) is 0 Å². The summed E-state index contributed by atoms with van der Waals surface area (Å²) in [5.41, 5.74) is 0. The second-order valence-electron chi connectivity index (χ2n) is 4.98. The molecule has 0 unspecified atom stereocenters. The minimum atomic E-state index is -0.793. The maximum atomic E-state index is 10.6. The van der Waals surface area contributed by atoms with Crippen LogP contribution in [0.3, 0.4) is 0 Å². The van der Waals surface area contributed by atoms with Gasteiger partial charge in [0.2, 0.25) is 4.96 Å². The first-order valence-corrected chi connectivity index (χ1v) is 7.48. The molecule has 1 N–H and O–H groups in total. The summed E-state index contributed by atoms with van der Waals surface area (Å²) in [7, 11) is 0. The Hall–Kier alpha value is -1.50. The summed E-state index contributed by atoms with van der Waals surface area (Å²) in [6, 6.07) is 0. The van der Waals surface area contributed by atoms with Crippen molar-refractivity contribution in [3.8, 4) is 0 Å². The first-order valence-electron chi connectivity index (χ1n) is 6.67. The van der Waals surface area contributed by atoms with Crippen molar-refractivity contribution in [1.82, 2.24) is 19.8 Å². The first-order chi connectivity index (χ1) is 9.24. The van der Waals surface area contributed by atoms with E-state index in [0.29, 0.717) is 12.3 Å². The Morgan fingerprint density at radius 1 is 1.32 bits per heavy atom. The molecule has 0 spiro atoms. The summed E-state index contributed by atoms with van der Waals surface area (Å²) in [4.78, 5) is 11.4. The van der Waals surface area contributed by atoms with Gasteiger partial charge in [0, 0.05) is 12.3 Å². The van der Waals surface area contributed by atoms with Crippen molar-refractivity contribution in [2.24, 2.45) is 0 Å². The van der Waals surface area contributed by atoms with Crippen LogP contribution in [0.25, 0.3) is 4.96 Å². The van der Waals surface area contributed by atoms with E-state index in [9.17, 15) is 4.79 Å². The zero-order chi connectivity index (χ0) is 13.2. The van der Waals surface area contributed by atoms with Gasteiger partial charge in [0.1, 0.15) is 5.01 Å². The van der Waals surface area contributed by atoms with Crippen LogP contribution in [0.15, 0.2) is 0 Å². The topological polar surface area (TPSA) is 80.4 Å². The SMILES string of the molecule is O=C(O)CCc1nn2c(C3CCCCC3)nnc2s1. The van der Waals surface area contributed by atoms with Crippen LogP contribution in [0.5, 0.6) is 0 Å². The molecule has 7 heteroatoms. The highest BCUT2D eigenvalue weighted by Crippen LogP contribution is 2.32. The van der Waals surface area contributed by atoms with Gasteiger partial charge in [-0.05, 0) is 12.8 Å². The molecule has 6 nitrogen and oxygen atoms in total. The summed E-state index contributed by atoms with van der Waals surface area (Å²) in [5, 5.41) is 22.4. The molecule has 102 valence electrons. The van der Waals surface area contributed by atoms with E-state index in [-0.39, 0.29) is 6.42 Å². The van der Waals surface area contributed by atoms with Gasteiger partial charge in [0.15, 0.2) is 5.82 Å². The third-order valence-electron chi connectivity index (χ3n) is 3.58. The number of aryl methyl sites for hydroxylation is 1. The van der Waals surface area contributed by atoms with Gasteiger partial charge in [0.05, 0.1) is 6.42 Å². The molecule has 0 aromatic carbocycles. The van der Waals surface area contributed by atoms with E-state index < -0.39 is 5.97 Å². The van der Waals surface area contributed by atoms with Gasteiger partial charge in [-0.25, -0.2) is 0 Å². The predicted molar refractivity (Wildman–Crippen MR) is 70.4 cm³/mol. The van der Waals surface area contributed by atoms with Crippen LogP contribution in [0, 0.1) is 0 Å². The molecular formula is C12H16N4O2S. The van der Waals surface area contributed by atoms with E-state index in [0.717, 1.165) is 28.6 Å². The number of fused-ring (bicyclic) bond motifs is 1. The molecule has 3 rings (SSSR count). The molecular weight excluding hydrogens is 264 g/mol.